The summed E-state index contributed by atoms with van der Waals surface area (Å²) >= 11 is 1.74. The second-order valence-electron chi connectivity index (χ2n) is 2.24. The third-order valence-electron chi connectivity index (χ3n) is 1.42. The Morgan fingerprint density at radius 3 is 2.30 bits per heavy atom. The van der Waals surface area contributed by atoms with Crippen molar-refractivity contribution in [2.45, 2.75) is 12.8 Å². The molecule has 1 aliphatic rings. The van der Waals surface area contributed by atoms with Crippen LogP contribution in [0.3, 0.4) is 0 Å². The van der Waals surface area contributed by atoms with Crippen LogP contribution in [0.5, 0.6) is 0 Å². The summed E-state index contributed by atoms with van der Waals surface area (Å²) in [6.45, 7) is 0. The molecule has 0 unspecified atom stereocenters. The molecule has 10 heavy (non-hydrogen) atoms. The van der Waals surface area contributed by atoms with Crippen molar-refractivity contribution in [3.8, 4) is 0 Å². The van der Waals surface area contributed by atoms with Gasteiger partial charge in [-0.1, -0.05) is 0 Å². The van der Waals surface area contributed by atoms with E-state index in [2.05, 4.69) is 4.33 Å². The first-order valence-corrected chi connectivity index (χ1v) is 6.13. The largest absolute Gasteiger partial charge is 0.672 e. The molecule has 0 amide bonds. The molecule has 0 bridgehead atoms. The molecule has 0 aromatic carbocycles. The summed E-state index contributed by atoms with van der Waals surface area (Å²) < 4.78 is 4.10. The molecular formula is C6H12O2S2. The smallest absolute Gasteiger partial charge is 0.141 e. The van der Waals surface area contributed by atoms with Gasteiger partial charge >= 0.3 is 0 Å². The molecule has 1 aliphatic heterocycles. The SMILES string of the molecule is [O-]O[S+]1CCCSCCC1. The van der Waals surface area contributed by atoms with Gasteiger partial charge in [-0.25, -0.2) is 4.33 Å². The molecule has 0 N–H and O–H groups in total. The molecule has 1 rings (SSSR count). The molecular weight excluding hydrogens is 168 g/mol. The second-order valence-corrected chi connectivity index (χ2v) is 5.29. The monoisotopic (exact) mass is 180 g/mol. The van der Waals surface area contributed by atoms with E-state index in [0.29, 0.717) is 0 Å². The van der Waals surface area contributed by atoms with Gasteiger partial charge in [-0.05, 0) is 11.5 Å². The number of hydrogen-bond donors (Lipinski definition) is 0. The number of hydrogen-bond acceptors (Lipinski definition) is 3. The van der Waals surface area contributed by atoms with Crippen molar-refractivity contribution in [2.24, 2.45) is 0 Å². The van der Waals surface area contributed by atoms with Crippen molar-refractivity contribution in [1.82, 2.24) is 0 Å². The lowest BCUT2D eigenvalue weighted by Crippen LogP contribution is -2.23. The maximum atomic E-state index is 10.1. The molecule has 4 heteroatoms. The average Bonchev–Trinajstić information content (AvgIpc) is 1.87. The molecule has 1 fully saturated rings. The Bertz CT molecular complexity index is 81.8. The van der Waals surface area contributed by atoms with Crippen LogP contribution in [-0.4, -0.2) is 23.0 Å². The normalized spacial score (nSPS) is 23.7. The van der Waals surface area contributed by atoms with E-state index in [-0.39, 0.29) is 11.2 Å². The summed E-state index contributed by atoms with van der Waals surface area (Å²) in [7, 11) is 0. The molecule has 0 aromatic rings. The first-order valence-electron chi connectivity index (χ1n) is 3.49. The van der Waals surface area contributed by atoms with Crippen LogP contribution < -0.4 is 5.26 Å². The van der Waals surface area contributed by atoms with E-state index >= 15 is 0 Å². The highest BCUT2D eigenvalue weighted by molar-refractivity contribution is 7.99. The minimum atomic E-state index is -0.249. The van der Waals surface area contributed by atoms with E-state index in [1.54, 1.807) is 0 Å². The van der Waals surface area contributed by atoms with E-state index in [1.807, 2.05) is 11.8 Å². The zero-order valence-electron chi connectivity index (χ0n) is 5.88. The van der Waals surface area contributed by atoms with Crippen molar-refractivity contribution in [3.63, 3.8) is 0 Å². The predicted octanol–water partition coefficient (Wildman–Crippen LogP) is 0.339. The van der Waals surface area contributed by atoms with Crippen LogP contribution >= 0.6 is 11.8 Å². The Morgan fingerprint density at radius 1 is 1.20 bits per heavy atom. The van der Waals surface area contributed by atoms with Crippen LogP contribution in [0.2, 0.25) is 0 Å². The zero-order chi connectivity index (χ0) is 7.23. The van der Waals surface area contributed by atoms with Gasteiger partial charge in [0.1, 0.15) is 22.7 Å². The summed E-state index contributed by atoms with van der Waals surface area (Å²) in [5, 5.41) is 10.1. The lowest BCUT2D eigenvalue weighted by molar-refractivity contribution is -0.632. The number of rotatable bonds is 1. The number of thioether (sulfide) groups is 1. The lowest BCUT2D eigenvalue weighted by Gasteiger charge is -2.11. The van der Waals surface area contributed by atoms with Gasteiger partial charge in [0.05, 0.1) is 0 Å². The first kappa shape index (κ1) is 8.71. The van der Waals surface area contributed by atoms with E-state index in [4.69, 9.17) is 0 Å². The fraction of sp³-hybridized carbons (Fsp3) is 1.00. The molecule has 0 spiro atoms. The highest BCUT2D eigenvalue weighted by Gasteiger charge is 2.17. The van der Waals surface area contributed by atoms with Gasteiger partial charge in [0.25, 0.3) is 0 Å². The third kappa shape index (κ3) is 3.14. The van der Waals surface area contributed by atoms with Gasteiger partial charge in [-0.15, -0.1) is 0 Å². The van der Waals surface area contributed by atoms with Gasteiger partial charge in [-0.3, -0.25) is 0 Å². The Labute approximate surface area is 68.8 Å². The third-order valence-corrected chi connectivity index (χ3v) is 4.25. The quantitative estimate of drug-likeness (QED) is 0.331. The van der Waals surface area contributed by atoms with E-state index in [0.717, 1.165) is 24.3 Å². The van der Waals surface area contributed by atoms with Crippen LogP contribution in [0.1, 0.15) is 12.8 Å². The Balaban J connectivity index is 2.16. The Hall–Kier alpha value is 0.620. The predicted molar refractivity (Wildman–Crippen MR) is 44.7 cm³/mol. The first-order chi connectivity index (χ1) is 4.93. The Morgan fingerprint density at radius 2 is 1.80 bits per heavy atom. The van der Waals surface area contributed by atoms with Gasteiger partial charge in [-0.2, -0.15) is 11.8 Å². The fourth-order valence-corrected chi connectivity index (χ4v) is 3.46. The topological polar surface area (TPSA) is 32.3 Å². The van der Waals surface area contributed by atoms with E-state index < -0.39 is 0 Å². The van der Waals surface area contributed by atoms with Crippen LogP contribution in [0, 0.1) is 0 Å². The molecule has 1 saturated heterocycles. The van der Waals surface area contributed by atoms with Gasteiger partial charge in [0.2, 0.25) is 0 Å². The Kier molecular flexibility index (Phi) is 4.61. The summed E-state index contributed by atoms with van der Waals surface area (Å²) in [6.07, 6.45) is 2.30. The molecule has 0 aliphatic carbocycles. The van der Waals surface area contributed by atoms with Crippen molar-refractivity contribution < 1.29 is 9.59 Å². The van der Waals surface area contributed by atoms with Crippen LogP contribution in [0.4, 0.5) is 0 Å². The standard InChI is InChI=1S/C6H12O2S2/c7-8-10-5-1-3-9-4-2-6-10/h1-6H2. The molecule has 1 heterocycles. The molecule has 2 nitrogen and oxygen atoms in total. The highest BCUT2D eigenvalue weighted by atomic mass is 32.2. The molecule has 0 aromatic heterocycles. The van der Waals surface area contributed by atoms with E-state index in [1.165, 1.54) is 11.5 Å². The van der Waals surface area contributed by atoms with Crippen LogP contribution in [-0.2, 0) is 15.5 Å². The van der Waals surface area contributed by atoms with Crippen LogP contribution in [0.15, 0.2) is 0 Å². The molecule has 0 atom stereocenters. The summed E-state index contributed by atoms with van der Waals surface area (Å²) in [5.41, 5.74) is 0. The summed E-state index contributed by atoms with van der Waals surface area (Å²) in [6, 6.07) is 0. The van der Waals surface area contributed by atoms with Gasteiger partial charge in [0, 0.05) is 12.8 Å². The molecule has 0 saturated carbocycles. The summed E-state index contributed by atoms with van der Waals surface area (Å²) in [5.74, 6) is 4.37. The maximum absolute atomic E-state index is 10.1. The molecule has 0 radical (unpaired) electrons. The minimum absolute atomic E-state index is 0.249. The van der Waals surface area contributed by atoms with Crippen molar-refractivity contribution in [1.29, 1.82) is 0 Å². The maximum Gasteiger partial charge on any atom is 0.141 e. The average molecular weight is 180 g/mol. The highest BCUT2D eigenvalue weighted by Crippen LogP contribution is 2.13. The van der Waals surface area contributed by atoms with Gasteiger partial charge < -0.3 is 5.26 Å². The minimum Gasteiger partial charge on any atom is -0.672 e. The van der Waals surface area contributed by atoms with Crippen molar-refractivity contribution in [3.05, 3.63) is 0 Å². The summed E-state index contributed by atoms with van der Waals surface area (Å²) in [4.78, 5) is 0. The lowest BCUT2D eigenvalue weighted by atomic mass is 10.5. The van der Waals surface area contributed by atoms with Crippen molar-refractivity contribution in [2.75, 3.05) is 23.0 Å². The van der Waals surface area contributed by atoms with Gasteiger partial charge in [0.15, 0.2) is 0 Å². The van der Waals surface area contributed by atoms with Crippen molar-refractivity contribution >= 4 is 22.9 Å². The van der Waals surface area contributed by atoms with E-state index in [9.17, 15) is 5.26 Å². The van der Waals surface area contributed by atoms with Crippen LogP contribution in [0.25, 0.3) is 0 Å². The molecule has 60 valence electrons. The second kappa shape index (κ2) is 5.29. The zero-order valence-corrected chi connectivity index (χ0v) is 7.51. The fourth-order valence-electron chi connectivity index (χ4n) is 0.916.